The van der Waals surface area contributed by atoms with Crippen LogP contribution in [0.15, 0.2) is 60.0 Å². The quantitative estimate of drug-likeness (QED) is 0.845. The Bertz CT molecular complexity index is 615. The zero-order chi connectivity index (χ0) is 14.8. The van der Waals surface area contributed by atoms with Crippen LogP contribution in [-0.2, 0) is 4.79 Å². The van der Waals surface area contributed by atoms with Crippen LogP contribution < -0.4 is 0 Å². The van der Waals surface area contributed by atoms with Crippen LogP contribution in [0.2, 0.25) is 0 Å². The lowest BCUT2D eigenvalue weighted by Gasteiger charge is -2.26. The molecule has 0 aliphatic heterocycles. The fraction of sp³-hybridized carbons (Fsp3) is 0.188. The average molecular weight is 276 g/mol. The molecule has 1 atom stereocenters. The first-order valence-electron chi connectivity index (χ1n) is 6.16. The van der Waals surface area contributed by atoms with Crippen molar-refractivity contribution >= 4 is 11.5 Å². The number of halogens is 2. The van der Waals surface area contributed by atoms with E-state index in [0.29, 0.717) is 11.1 Å². The van der Waals surface area contributed by atoms with Crippen LogP contribution in [0.25, 0.3) is 5.57 Å². The van der Waals surface area contributed by atoms with Gasteiger partial charge in [-0.1, -0.05) is 36.4 Å². The molecular weight excluding hydrogens is 262 g/mol. The minimum Gasteiger partial charge on any atom is -0.478 e. The summed E-state index contributed by atoms with van der Waals surface area (Å²) in [6.07, 6.45) is 2.87. The van der Waals surface area contributed by atoms with E-state index in [0.717, 1.165) is 6.08 Å². The normalized spacial score (nSPS) is 23.1. The van der Waals surface area contributed by atoms with Crippen molar-refractivity contribution in [1.82, 2.24) is 0 Å². The van der Waals surface area contributed by atoms with Gasteiger partial charge >= 0.3 is 5.97 Å². The lowest BCUT2D eigenvalue weighted by Crippen LogP contribution is -2.25. The summed E-state index contributed by atoms with van der Waals surface area (Å²) in [6, 6.07) is 8.84. The number of allylic oxidation sites excluding steroid dienone is 5. The molecule has 0 saturated carbocycles. The molecule has 2 rings (SSSR count). The monoisotopic (exact) mass is 276 g/mol. The number of alkyl halides is 1. The lowest BCUT2D eigenvalue weighted by atomic mass is 9.85. The summed E-state index contributed by atoms with van der Waals surface area (Å²) in [7, 11) is 0. The highest BCUT2D eigenvalue weighted by Crippen LogP contribution is 2.39. The summed E-state index contributed by atoms with van der Waals surface area (Å²) < 4.78 is 28.7. The molecule has 0 fully saturated rings. The second-order valence-electron chi connectivity index (χ2n) is 4.72. The molecule has 1 unspecified atom stereocenters. The van der Waals surface area contributed by atoms with Crippen molar-refractivity contribution in [2.45, 2.75) is 19.0 Å². The van der Waals surface area contributed by atoms with Crippen molar-refractivity contribution in [2.75, 3.05) is 0 Å². The maximum Gasteiger partial charge on any atom is 0.328 e. The minimum absolute atomic E-state index is 0.0245. The first kappa shape index (κ1) is 14.2. The third-order valence-corrected chi connectivity index (χ3v) is 3.30. The standard InChI is InChI=1S/C16H14F2O2/c1-11(9-15(19)20)16(18)8-7-13(14(17)10-16)12-5-3-2-4-6-12/h2-9H,10H2,1H3,(H,19,20). The largest absolute Gasteiger partial charge is 0.478 e. The third kappa shape index (κ3) is 2.85. The predicted molar refractivity (Wildman–Crippen MR) is 73.5 cm³/mol. The van der Waals surface area contributed by atoms with Gasteiger partial charge in [0.1, 0.15) is 5.83 Å². The fourth-order valence-electron chi connectivity index (χ4n) is 2.13. The summed E-state index contributed by atoms with van der Waals surface area (Å²) in [4.78, 5) is 10.6. The second kappa shape index (κ2) is 5.41. The average Bonchev–Trinajstić information content (AvgIpc) is 2.39. The van der Waals surface area contributed by atoms with Crippen molar-refractivity contribution in [3.05, 3.63) is 65.5 Å². The number of carboxylic acids is 1. The number of aliphatic carboxylic acids is 1. The number of carboxylic acid groups (broad SMARTS) is 1. The van der Waals surface area contributed by atoms with Gasteiger partial charge < -0.3 is 5.11 Å². The zero-order valence-corrected chi connectivity index (χ0v) is 10.9. The van der Waals surface area contributed by atoms with Gasteiger partial charge in [0.25, 0.3) is 0 Å². The van der Waals surface area contributed by atoms with Gasteiger partial charge in [-0.15, -0.1) is 0 Å². The minimum atomic E-state index is -2.08. The van der Waals surface area contributed by atoms with Crippen molar-refractivity contribution in [1.29, 1.82) is 0 Å². The van der Waals surface area contributed by atoms with Crippen LogP contribution in [-0.4, -0.2) is 16.7 Å². The Balaban J connectivity index is 2.32. The first-order valence-corrected chi connectivity index (χ1v) is 6.16. The summed E-state index contributed by atoms with van der Waals surface area (Å²) in [6.45, 7) is 1.35. The van der Waals surface area contributed by atoms with E-state index in [-0.39, 0.29) is 5.57 Å². The summed E-state index contributed by atoms with van der Waals surface area (Å²) in [5.41, 5.74) is -1.10. The smallest absolute Gasteiger partial charge is 0.328 e. The zero-order valence-electron chi connectivity index (χ0n) is 10.9. The molecule has 0 spiro atoms. The van der Waals surface area contributed by atoms with Crippen LogP contribution in [0, 0.1) is 0 Å². The van der Waals surface area contributed by atoms with E-state index in [1.165, 1.54) is 19.1 Å². The molecule has 2 nitrogen and oxygen atoms in total. The molecule has 0 aromatic heterocycles. The maximum absolute atomic E-state index is 14.6. The molecule has 104 valence electrons. The molecule has 1 aromatic carbocycles. The molecule has 0 bridgehead atoms. The van der Waals surface area contributed by atoms with E-state index in [1.54, 1.807) is 24.3 Å². The molecule has 4 heteroatoms. The summed E-state index contributed by atoms with van der Waals surface area (Å²) in [5.74, 6) is -1.83. The van der Waals surface area contributed by atoms with Crippen molar-refractivity contribution in [2.24, 2.45) is 0 Å². The van der Waals surface area contributed by atoms with E-state index in [4.69, 9.17) is 5.11 Å². The molecule has 1 N–H and O–H groups in total. The van der Waals surface area contributed by atoms with Gasteiger partial charge in [-0.25, -0.2) is 13.6 Å². The van der Waals surface area contributed by atoms with E-state index < -0.39 is 23.9 Å². The molecule has 0 radical (unpaired) electrons. The number of hydrogen-bond donors (Lipinski definition) is 1. The Labute approximate surface area is 115 Å². The van der Waals surface area contributed by atoms with Gasteiger partial charge in [0, 0.05) is 18.1 Å². The van der Waals surface area contributed by atoms with Crippen molar-refractivity contribution in [3.8, 4) is 0 Å². The Morgan fingerprint density at radius 1 is 1.35 bits per heavy atom. The van der Waals surface area contributed by atoms with Crippen LogP contribution in [0.1, 0.15) is 18.9 Å². The Hall–Kier alpha value is -2.23. The third-order valence-electron chi connectivity index (χ3n) is 3.30. The van der Waals surface area contributed by atoms with Gasteiger partial charge in [0.05, 0.1) is 0 Å². The van der Waals surface area contributed by atoms with Crippen molar-refractivity contribution < 1.29 is 18.7 Å². The van der Waals surface area contributed by atoms with Gasteiger partial charge in [0.2, 0.25) is 0 Å². The first-order chi connectivity index (χ1) is 9.42. The molecule has 1 aliphatic carbocycles. The molecule has 0 saturated heterocycles. The Kier molecular flexibility index (Phi) is 3.84. The van der Waals surface area contributed by atoms with Crippen LogP contribution in [0.5, 0.6) is 0 Å². The van der Waals surface area contributed by atoms with E-state index in [9.17, 15) is 13.6 Å². The van der Waals surface area contributed by atoms with Crippen LogP contribution in [0.3, 0.4) is 0 Å². The highest BCUT2D eigenvalue weighted by atomic mass is 19.1. The highest BCUT2D eigenvalue weighted by molar-refractivity contribution is 5.82. The highest BCUT2D eigenvalue weighted by Gasteiger charge is 2.34. The van der Waals surface area contributed by atoms with Crippen LogP contribution in [0.4, 0.5) is 8.78 Å². The fourth-order valence-corrected chi connectivity index (χ4v) is 2.13. The molecule has 1 aromatic rings. The molecule has 0 amide bonds. The number of hydrogen-bond acceptors (Lipinski definition) is 1. The molecule has 0 heterocycles. The lowest BCUT2D eigenvalue weighted by molar-refractivity contribution is -0.131. The van der Waals surface area contributed by atoms with Gasteiger partial charge in [-0.2, -0.15) is 0 Å². The Morgan fingerprint density at radius 3 is 2.55 bits per heavy atom. The maximum atomic E-state index is 14.6. The Morgan fingerprint density at radius 2 is 2.00 bits per heavy atom. The molecule has 20 heavy (non-hydrogen) atoms. The van der Waals surface area contributed by atoms with E-state index >= 15 is 0 Å². The van der Waals surface area contributed by atoms with Crippen molar-refractivity contribution in [3.63, 3.8) is 0 Å². The van der Waals surface area contributed by atoms with Gasteiger partial charge in [0.15, 0.2) is 5.67 Å². The van der Waals surface area contributed by atoms with E-state index in [2.05, 4.69) is 0 Å². The van der Waals surface area contributed by atoms with Gasteiger partial charge in [-0.3, -0.25) is 0 Å². The van der Waals surface area contributed by atoms with Gasteiger partial charge in [-0.05, 0) is 24.1 Å². The number of benzene rings is 1. The van der Waals surface area contributed by atoms with E-state index in [1.807, 2.05) is 6.07 Å². The summed E-state index contributed by atoms with van der Waals surface area (Å²) in [5, 5.41) is 8.65. The second-order valence-corrected chi connectivity index (χ2v) is 4.72. The topological polar surface area (TPSA) is 37.3 Å². The molecule has 1 aliphatic rings. The molecular formula is C16H14F2O2. The van der Waals surface area contributed by atoms with Crippen LogP contribution >= 0.6 is 0 Å². The SMILES string of the molecule is CC(=CC(=O)O)C1(F)C=CC(c2ccccc2)=C(F)C1. The summed E-state index contributed by atoms with van der Waals surface area (Å²) >= 11 is 0. The number of rotatable bonds is 3. The number of carbonyl (C=O) groups is 1. The predicted octanol–water partition coefficient (Wildman–Crippen LogP) is 4.07.